The van der Waals surface area contributed by atoms with Crippen molar-refractivity contribution < 1.29 is 13.7 Å². The number of hydrogen-bond donors (Lipinski definition) is 1. The number of rotatable bonds is 4. The summed E-state index contributed by atoms with van der Waals surface area (Å²) < 4.78 is 18.8. The summed E-state index contributed by atoms with van der Waals surface area (Å²) >= 11 is 0. The molecule has 18 heavy (non-hydrogen) atoms. The molecule has 94 valence electrons. The average molecular weight is 250 g/mol. The molecule has 0 aliphatic rings. The van der Waals surface area contributed by atoms with Crippen LogP contribution in [0.25, 0.3) is 0 Å². The molecule has 0 amide bonds. The minimum Gasteiger partial charge on any atom is -0.467 e. The quantitative estimate of drug-likeness (QED) is 0.666. The van der Waals surface area contributed by atoms with Gasteiger partial charge in [-0.05, 0) is 25.1 Å². The van der Waals surface area contributed by atoms with Gasteiger partial charge in [-0.15, -0.1) is 0 Å². The molecule has 1 unspecified atom stereocenters. The van der Waals surface area contributed by atoms with E-state index in [-0.39, 0.29) is 17.4 Å². The topological polar surface area (TPSA) is 68.3 Å². The van der Waals surface area contributed by atoms with Gasteiger partial charge in [-0.25, -0.2) is 4.39 Å². The fraction of sp³-hybridized carbons (Fsp3) is 0.167. The molecule has 0 aliphatic carbocycles. The lowest BCUT2D eigenvalue weighted by molar-refractivity contribution is -0.384. The lowest BCUT2D eigenvalue weighted by atomic mass is 10.2. The van der Waals surface area contributed by atoms with E-state index in [1.54, 1.807) is 19.1 Å². The molecule has 1 aromatic heterocycles. The van der Waals surface area contributed by atoms with Crippen LogP contribution in [0.5, 0.6) is 0 Å². The maximum atomic E-state index is 13.6. The first-order chi connectivity index (χ1) is 8.59. The van der Waals surface area contributed by atoms with Crippen molar-refractivity contribution in [2.45, 2.75) is 13.0 Å². The van der Waals surface area contributed by atoms with E-state index >= 15 is 0 Å². The Morgan fingerprint density at radius 2 is 2.17 bits per heavy atom. The Morgan fingerprint density at radius 1 is 1.39 bits per heavy atom. The van der Waals surface area contributed by atoms with Gasteiger partial charge in [0.15, 0.2) is 5.82 Å². The Labute approximate surface area is 102 Å². The van der Waals surface area contributed by atoms with Crippen LogP contribution in [0.1, 0.15) is 18.7 Å². The number of halogens is 1. The van der Waals surface area contributed by atoms with E-state index in [4.69, 9.17) is 4.42 Å². The van der Waals surface area contributed by atoms with Crippen LogP contribution in [-0.2, 0) is 0 Å². The maximum absolute atomic E-state index is 13.6. The molecule has 5 nitrogen and oxygen atoms in total. The van der Waals surface area contributed by atoms with Gasteiger partial charge in [0.2, 0.25) is 0 Å². The monoisotopic (exact) mass is 250 g/mol. The molecule has 0 saturated carbocycles. The van der Waals surface area contributed by atoms with Gasteiger partial charge in [0.1, 0.15) is 11.4 Å². The Hall–Kier alpha value is -2.37. The Balaban J connectivity index is 2.31. The van der Waals surface area contributed by atoms with Gasteiger partial charge in [-0.3, -0.25) is 10.1 Å². The van der Waals surface area contributed by atoms with Crippen LogP contribution in [0.3, 0.4) is 0 Å². The van der Waals surface area contributed by atoms with Crippen molar-refractivity contribution in [2.75, 3.05) is 5.32 Å². The highest BCUT2D eigenvalue weighted by molar-refractivity contribution is 5.62. The summed E-state index contributed by atoms with van der Waals surface area (Å²) in [5.41, 5.74) is -0.431. The van der Waals surface area contributed by atoms with E-state index in [0.29, 0.717) is 5.76 Å². The summed E-state index contributed by atoms with van der Waals surface area (Å²) in [6.07, 6.45) is 1.49. The number of benzene rings is 1. The highest BCUT2D eigenvalue weighted by atomic mass is 19.1. The number of hydrogen-bond acceptors (Lipinski definition) is 4. The predicted octanol–water partition coefficient (Wildman–Crippen LogP) is 3.50. The Morgan fingerprint density at radius 3 is 2.78 bits per heavy atom. The van der Waals surface area contributed by atoms with Crippen molar-refractivity contribution in [1.29, 1.82) is 0 Å². The third kappa shape index (κ3) is 2.32. The van der Waals surface area contributed by atoms with Gasteiger partial charge < -0.3 is 9.73 Å². The lowest BCUT2D eigenvalue weighted by Gasteiger charge is -2.13. The summed E-state index contributed by atoms with van der Waals surface area (Å²) in [4.78, 5) is 10.2. The van der Waals surface area contributed by atoms with Crippen molar-refractivity contribution in [2.24, 2.45) is 0 Å². The molecule has 0 bridgehead atoms. The molecule has 6 heteroatoms. The van der Waals surface area contributed by atoms with Crippen LogP contribution < -0.4 is 5.32 Å². The first-order valence-corrected chi connectivity index (χ1v) is 5.32. The van der Waals surface area contributed by atoms with E-state index in [1.165, 1.54) is 24.5 Å². The van der Waals surface area contributed by atoms with E-state index < -0.39 is 10.7 Å². The second kappa shape index (κ2) is 4.87. The van der Waals surface area contributed by atoms with E-state index in [0.717, 1.165) is 0 Å². The van der Waals surface area contributed by atoms with Crippen LogP contribution in [0.4, 0.5) is 15.8 Å². The average Bonchev–Trinajstić information content (AvgIpc) is 2.85. The molecular formula is C12H11FN2O3. The predicted molar refractivity (Wildman–Crippen MR) is 63.8 cm³/mol. The lowest BCUT2D eigenvalue weighted by Crippen LogP contribution is -2.09. The van der Waals surface area contributed by atoms with E-state index in [9.17, 15) is 14.5 Å². The molecule has 1 atom stereocenters. The highest BCUT2D eigenvalue weighted by Gasteiger charge is 2.20. The standard InChI is InChI=1S/C12H11FN2O3/c1-8(11-6-3-7-18-11)14-12-9(13)4-2-5-10(12)15(16)17/h2-8,14H,1H3. The van der Waals surface area contributed by atoms with Crippen molar-refractivity contribution in [1.82, 2.24) is 0 Å². The number of para-hydroxylation sites is 1. The van der Waals surface area contributed by atoms with Crippen LogP contribution >= 0.6 is 0 Å². The van der Waals surface area contributed by atoms with E-state index in [1.807, 2.05) is 0 Å². The fourth-order valence-corrected chi connectivity index (χ4v) is 1.63. The zero-order valence-electron chi connectivity index (χ0n) is 9.59. The smallest absolute Gasteiger partial charge is 0.295 e. The summed E-state index contributed by atoms with van der Waals surface area (Å²) in [5, 5.41) is 13.6. The minimum absolute atomic E-state index is 0.133. The maximum Gasteiger partial charge on any atom is 0.295 e. The molecule has 1 aromatic carbocycles. The third-order valence-corrected chi connectivity index (χ3v) is 2.52. The number of anilines is 1. The second-order valence-corrected chi connectivity index (χ2v) is 3.77. The molecule has 0 spiro atoms. The fourth-order valence-electron chi connectivity index (χ4n) is 1.63. The van der Waals surface area contributed by atoms with Gasteiger partial charge in [0.25, 0.3) is 5.69 Å². The highest BCUT2D eigenvalue weighted by Crippen LogP contribution is 2.30. The molecule has 0 saturated heterocycles. The number of nitrogens with zero attached hydrogens (tertiary/aromatic N) is 1. The van der Waals surface area contributed by atoms with Crippen molar-refractivity contribution >= 4 is 11.4 Å². The van der Waals surface area contributed by atoms with Crippen molar-refractivity contribution in [3.05, 3.63) is 58.3 Å². The Kier molecular flexibility index (Phi) is 3.27. The first-order valence-electron chi connectivity index (χ1n) is 5.32. The summed E-state index contributed by atoms with van der Waals surface area (Å²) in [6, 6.07) is 6.77. The molecule has 0 aliphatic heterocycles. The van der Waals surface area contributed by atoms with Crippen LogP contribution in [0.2, 0.25) is 0 Å². The van der Waals surface area contributed by atoms with Gasteiger partial charge >= 0.3 is 0 Å². The third-order valence-electron chi connectivity index (χ3n) is 2.52. The van der Waals surface area contributed by atoms with Crippen LogP contribution in [-0.4, -0.2) is 4.92 Å². The summed E-state index contributed by atoms with van der Waals surface area (Å²) in [7, 11) is 0. The molecule has 2 aromatic rings. The Bertz CT molecular complexity index is 554. The molecule has 1 N–H and O–H groups in total. The largest absolute Gasteiger partial charge is 0.467 e. The first kappa shape index (κ1) is 12.1. The summed E-state index contributed by atoms with van der Waals surface area (Å²) in [6.45, 7) is 1.73. The second-order valence-electron chi connectivity index (χ2n) is 3.77. The molecule has 0 radical (unpaired) electrons. The number of nitro benzene ring substituents is 1. The summed E-state index contributed by atoms with van der Waals surface area (Å²) in [5.74, 6) is -0.0878. The molecule has 1 heterocycles. The van der Waals surface area contributed by atoms with Gasteiger partial charge in [-0.1, -0.05) is 6.07 Å². The van der Waals surface area contributed by atoms with Gasteiger partial charge in [0, 0.05) is 6.07 Å². The minimum atomic E-state index is -0.664. The van der Waals surface area contributed by atoms with Crippen LogP contribution in [0.15, 0.2) is 41.0 Å². The van der Waals surface area contributed by atoms with E-state index in [2.05, 4.69) is 5.32 Å². The van der Waals surface area contributed by atoms with Crippen molar-refractivity contribution in [3.63, 3.8) is 0 Å². The van der Waals surface area contributed by atoms with Gasteiger partial charge in [0.05, 0.1) is 17.2 Å². The number of furan rings is 1. The zero-order valence-corrected chi connectivity index (χ0v) is 9.59. The number of nitro groups is 1. The normalized spacial score (nSPS) is 12.1. The SMILES string of the molecule is CC(Nc1c(F)cccc1[N+](=O)[O-])c1ccco1. The molecule has 0 fully saturated rings. The molecular weight excluding hydrogens is 239 g/mol. The van der Waals surface area contributed by atoms with Gasteiger partial charge in [-0.2, -0.15) is 0 Å². The molecule has 2 rings (SSSR count). The van der Waals surface area contributed by atoms with Crippen molar-refractivity contribution in [3.8, 4) is 0 Å². The van der Waals surface area contributed by atoms with Crippen LogP contribution in [0, 0.1) is 15.9 Å². The number of nitrogens with one attached hydrogen (secondary N) is 1. The zero-order chi connectivity index (χ0) is 13.1.